The number of benzene rings is 2. The van der Waals surface area contributed by atoms with Crippen LogP contribution in [0.15, 0.2) is 66.8 Å². The third-order valence-corrected chi connectivity index (χ3v) is 8.16. The predicted octanol–water partition coefficient (Wildman–Crippen LogP) is 7.14. The number of nitrogens with one attached hydrogen (secondary N) is 1. The van der Waals surface area contributed by atoms with Gasteiger partial charge in [-0.05, 0) is 89.6 Å². The first-order chi connectivity index (χ1) is 17.6. The fourth-order valence-corrected chi connectivity index (χ4v) is 5.57. The zero-order valence-electron chi connectivity index (χ0n) is 23.1. The number of carboxylic acid groups (broad SMARTS) is 1. The first kappa shape index (κ1) is 27.3. The highest BCUT2D eigenvalue weighted by molar-refractivity contribution is 5.83. The lowest BCUT2D eigenvalue weighted by Crippen LogP contribution is -2.39. The van der Waals surface area contributed by atoms with Crippen LogP contribution in [-0.2, 0) is 20.4 Å². The molecule has 2 aliphatic carbocycles. The summed E-state index contributed by atoms with van der Waals surface area (Å²) in [6, 6.07) is 15.6. The number of rotatable bonds is 10. The van der Waals surface area contributed by atoms with Crippen molar-refractivity contribution in [2.24, 2.45) is 0 Å². The van der Waals surface area contributed by atoms with Crippen LogP contribution in [0.4, 0.5) is 0 Å². The van der Waals surface area contributed by atoms with Gasteiger partial charge in [0.25, 0.3) is 0 Å². The molecule has 4 nitrogen and oxygen atoms in total. The molecular weight excluding hydrogens is 458 g/mol. The molecule has 2 N–H and O–H groups in total. The Labute approximate surface area is 222 Å². The molecule has 0 unspecified atom stereocenters. The Morgan fingerprint density at radius 1 is 0.946 bits per heavy atom. The largest absolute Gasteiger partial charge is 0.479 e. The van der Waals surface area contributed by atoms with Gasteiger partial charge in [-0.25, -0.2) is 4.79 Å². The van der Waals surface area contributed by atoms with Crippen molar-refractivity contribution in [1.82, 2.24) is 5.32 Å². The summed E-state index contributed by atoms with van der Waals surface area (Å²) < 4.78 is 5.87. The monoisotopic (exact) mass is 501 g/mol. The van der Waals surface area contributed by atoms with Crippen molar-refractivity contribution in [1.29, 1.82) is 0 Å². The maximum atomic E-state index is 12.1. The van der Waals surface area contributed by atoms with E-state index in [2.05, 4.69) is 82.4 Å². The minimum atomic E-state index is -1.39. The number of aliphatic carboxylic acids is 1. The predicted molar refractivity (Wildman–Crippen MR) is 152 cm³/mol. The summed E-state index contributed by atoms with van der Waals surface area (Å²) in [4.78, 5) is 12.1. The molecule has 2 aromatic rings. The zero-order chi connectivity index (χ0) is 26.7. The van der Waals surface area contributed by atoms with E-state index >= 15 is 0 Å². The Morgan fingerprint density at radius 3 is 2.30 bits per heavy atom. The minimum absolute atomic E-state index is 0.00949. The maximum Gasteiger partial charge on any atom is 0.344 e. The summed E-state index contributed by atoms with van der Waals surface area (Å²) in [5.41, 5.74) is 5.46. The Balaban J connectivity index is 1.52. The van der Waals surface area contributed by atoms with Crippen molar-refractivity contribution in [3.05, 3.63) is 83.5 Å². The molecule has 0 spiro atoms. The number of hydrogen-bond acceptors (Lipinski definition) is 3. The van der Waals surface area contributed by atoms with Gasteiger partial charge >= 0.3 is 5.97 Å². The van der Waals surface area contributed by atoms with Crippen molar-refractivity contribution in [3.63, 3.8) is 0 Å². The molecule has 2 aromatic carbocycles. The molecule has 198 valence electrons. The SMILES string of the molecule is CCCNCCCOC1(C(=O)O)C=CC(c2cccc(-c3ccc4c(c3)C(C)(C)CCC4(C)C)c2)C=C1. The molecule has 0 saturated heterocycles. The smallest absolute Gasteiger partial charge is 0.344 e. The molecule has 0 saturated carbocycles. The van der Waals surface area contributed by atoms with Crippen molar-refractivity contribution >= 4 is 5.97 Å². The fourth-order valence-electron chi connectivity index (χ4n) is 5.57. The van der Waals surface area contributed by atoms with Crippen molar-refractivity contribution in [2.45, 2.75) is 82.7 Å². The lowest BCUT2D eigenvalue weighted by atomic mass is 9.63. The molecular formula is C33H43NO3. The molecule has 0 bridgehead atoms. The quantitative estimate of drug-likeness (QED) is 0.268. The van der Waals surface area contributed by atoms with E-state index in [0.29, 0.717) is 6.61 Å². The van der Waals surface area contributed by atoms with Gasteiger partial charge < -0.3 is 15.2 Å². The van der Waals surface area contributed by atoms with Gasteiger partial charge in [-0.1, -0.05) is 89.2 Å². The minimum Gasteiger partial charge on any atom is -0.479 e. The van der Waals surface area contributed by atoms with Crippen LogP contribution in [-0.4, -0.2) is 36.4 Å². The molecule has 4 heteroatoms. The number of carboxylic acids is 1. The molecule has 0 aliphatic heterocycles. The lowest BCUT2D eigenvalue weighted by Gasteiger charge is -2.42. The standard InChI is InChI=1S/C33H43NO3/c1-6-19-34-20-8-21-37-33(30(35)36)15-13-24(14-16-33)25-9-7-10-26(22-25)27-11-12-28-29(23-27)32(4,5)18-17-31(28,2)3/h7,9-16,22-24,34H,6,8,17-21H2,1-5H3,(H,35,36). The summed E-state index contributed by atoms with van der Waals surface area (Å²) in [7, 11) is 0. The number of allylic oxidation sites excluding steroid dienone is 2. The summed E-state index contributed by atoms with van der Waals surface area (Å²) in [5.74, 6) is -0.969. The first-order valence-corrected chi connectivity index (χ1v) is 13.8. The van der Waals surface area contributed by atoms with Crippen molar-refractivity contribution < 1.29 is 14.6 Å². The maximum absolute atomic E-state index is 12.1. The van der Waals surface area contributed by atoms with E-state index < -0.39 is 11.6 Å². The lowest BCUT2D eigenvalue weighted by molar-refractivity contribution is -0.154. The molecule has 0 radical (unpaired) electrons. The number of fused-ring (bicyclic) bond motifs is 1. The van der Waals surface area contributed by atoms with E-state index in [-0.39, 0.29) is 16.7 Å². The fraction of sp³-hybridized carbons (Fsp3) is 0.485. The number of ether oxygens (including phenoxy) is 1. The molecule has 0 heterocycles. The van der Waals surface area contributed by atoms with Crippen LogP contribution in [0.3, 0.4) is 0 Å². The van der Waals surface area contributed by atoms with E-state index in [9.17, 15) is 9.90 Å². The van der Waals surface area contributed by atoms with E-state index in [1.54, 1.807) is 12.2 Å². The van der Waals surface area contributed by atoms with Crippen LogP contribution in [0.25, 0.3) is 11.1 Å². The third-order valence-electron chi connectivity index (χ3n) is 8.16. The van der Waals surface area contributed by atoms with Gasteiger partial charge in [0.05, 0.1) is 6.61 Å². The summed E-state index contributed by atoms with van der Waals surface area (Å²) in [6.45, 7) is 13.7. The summed E-state index contributed by atoms with van der Waals surface area (Å²) in [6.07, 6.45) is 11.6. The summed E-state index contributed by atoms with van der Waals surface area (Å²) >= 11 is 0. The van der Waals surface area contributed by atoms with Gasteiger partial charge in [0.2, 0.25) is 5.60 Å². The van der Waals surface area contributed by atoms with Gasteiger partial charge in [0.1, 0.15) is 0 Å². The van der Waals surface area contributed by atoms with Crippen LogP contribution >= 0.6 is 0 Å². The van der Waals surface area contributed by atoms with Crippen molar-refractivity contribution in [3.8, 4) is 11.1 Å². The van der Waals surface area contributed by atoms with Gasteiger partial charge in [0, 0.05) is 5.92 Å². The molecule has 2 aliphatic rings. The van der Waals surface area contributed by atoms with E-state index in [0.717, 1.165) is 31.5 Å². The molecule has 0 amide bonds. The van der Waals surface area contributed by atoms with Gasteiger partial charge in [-0.3, -0.25) is 0 Å². The molecule has 37 heavy (non-hydrogen) atoms. The second-order valence-electron chi connectivity index (χ2n) is 11.9. The normalized spacial score (nSPS) is 23.5. The highest BCUT2D eigenvalue weighted by atomic mass is 16.5. The number of hydrogen-bond donors (Lipinski definition) is 2. The van der Waals surface area contributed by atoms with Crippen LogP contribution < -0.4 is 5.32 Å². The van der Waals surface area contributed by atoms with E-state index in [1.807, 2.05) is 12.2 Å². The Morgan fingerprint density at radius 2 is 1.62 bits per heavy atom. The van der Waals surface area contributed by atoms with Crippen LogP contribution in [0.1, 0.15) is 82.9 Å². The molecule has 4 rings (SSSR count). The average molecular weight is 502 g/mol. The Kier molecular flexibility index (Phi) is 8.11. The second kappa shape index (κ2) is 11.0. The Bertz CT molecular complexity index is 1160. The van der Waals surface area contributed by atoms with Crippen LogP contribution in [0, 0.1) is 0 Å². The summed E-state index contributed by atoms with van der Waals surface area (Å²) in [5, 5.41) is 13.2. The third kappa shape index (κ3) is 5.91. The average Bonchev–Trinajstić information content (AvgIpc) is 2.89. The second-order valence-corrected chi connectivity index (χ2v) is 11.9. The van der Waals surface area contributed by atoms with Gasteiger partial charge in [0.15, 0.2) is 0 Å². The van der Waals surface area contributed by atoms with Gasteiger partial charge in [-0.2, -0.15) is 0 Å². The topological polar surface area (TPSA) is 58.6 Å². The van der Waals surface area contributed by atoms with Crippen molar-refractivity contribution in [2.75, 3.05) is 19.7 Å². The highest BCUT2D eigenvalue weighted by Gasteiger charge is 2.38. The van der Waals surface area contributed by atoms with Crippen LogP contribution in [0.2, 0.25) is 0 Å². The van der Waals surface area contributed by atoms with E-state index in [1.165, 1.54) is 35.1 Å². The Hall–Kier alpha value is -2.69. The van der Waals surface area contributed by atoms with Crippen LogP contribution in [0.5, 0.6) is 0 Å². The van der Waals surface area contributed by atoms with Gasteiger partial charge in [-0.15, -0.1) is 0 Å². The molecule has 0 atom stereocenters. The first-order valence-electron chi connectivity index (χ1n) is 13.8. The molecule has 0 aromatic heterocycles. The zero-order valence-corrected chi connectivity index (χ0v) is 23.1. The molecule has 0 fully saturated rings. The highest BCUT2D eigenvalue weighted by Crippen LogP contribution is 2.47. The van der Waals surface area contributed by atoms with E-state index in [4.69, 9.17) is 4.74 Å². The number of carbonyl (C=O) groups is 1.